The molecule has 1 aromatic rings. The number of aromatic nitrogens is 1. The van der Waals surface area contributed by atoms with Gasteiger partial charge in [0.25, 0.3) is 0 Å². The van der Waals surface area contributed by atoms with Gasteiger partial charge in [-0.1, -0.05) is 6.58 Å². The summed E-state index contributed by atoms with van der Waals surface area (Å²) in [7, 11) is 0. The van der Waals surface area contributed by atoms with Gasteiger partial charge in [-0.2, -0.15) is 0 Å². The number of nitrogens with one attached hydrogen (secondary N) is 2. The van der Waals surface area contributed by atoms with Crippen molar-refractivity contribution in [3.8, 4) is 0 Å². The van der Waals surface area contributed by atoms with Crippen LogP contribution in [0.15, 0.2) is 36.8 Å². The van der Waals surface area contributed by atoms with E-state index in [-0.39, 0.29) is 11.9 Å². The minimum Gasteiger partial charge on any atom is -0.364 e. The van der Waals surface area contributed by atoms with Crippen molar-refractivity contribution in [1.29, 1.82) is 0 Å². The second kappa shape index (κ2) is 8.98. The Bertz CT molecular complexity index is 645. The van der Waals surface area contributed by atoms with Crippen molar-refractivity contribution < 1.29 is 4.79 Å². The van der Waals surface area contributed by atoms with Gasteiger partial charge >= 0.3 is 0 Å². The second-order valence-corrected chi connectivity index (χ2v) is 7.30. The van der Waals surface area contributed by atoms with Gasteiger partial charge in [-0.15, -0.1) is 0 Å². The van der Waals surface area contributed by atoms with Gasteiger partial charge in [0.2, 0.25) is 5.91 Å². The number of carbonyl (C=O) groups is 1. The fourth-order valence-electron chi connectivity index (χ4n) is 3.51. The van der Waals surface area contributed by atoms with E-state index in [2.05, 4.69) is 27.1 Å². The molecular formula is C19H27N5OS. The smallest absolute Gasteiger partial charge is 0.242 e. The highest BCUT2D eigenvalue weighted by atomic mass is 32.1. The van der Waals surface area contributed by atoms with Crippen LogP contribution in [-0.2, 0) is 4.79 Å². The number of anilines is 1. The van der Waals surface area contributed by atoms with E-state index in [0.717, 1.165) is 63.1 Å². The normalized spacial score (nSPS) is 20.6. The minimum atomic E-state index is 0.0422. The average molecular weight is 374 g/mol. The highest BCUT2D eigenvalue weighted by Gasteiger charge is 2.26. The number of nitrogens with zero attached hydrogens (tertiary/aromatic N) is 3. The highest BCUT2D eigenvalue weighted by molar-refractivity contribution is 7.80. The summed E-state index contributed by atoms with van der Waals surface area (Å²) in [6, 6.07) is 3.83. The van der Waals surface area contributed by atoms with Crippen LogP contribution in [0.2, 0.25) is 0 Å². The average Bonchev–Trinajstić information content (AvgIpc) is 3.13. The zero-order valence-corrected chi connectivity index (χ0v) is 15.9. The third-order valence-electron chi connectivity index (χ3n) is 4.99. The molecule has 1 atom stereocenters. The molecule has 1 aromatic heterocycles. The molecular weight excluding hydrogens is 346 g/mol. The first kappa shape index (κ1) is 18.6. The lowest BCUT2D eigenvalue weighted by Crippen LogP contribution is -2.45. The molecule has 2 aliphatic rings. The predicted molar refractivity (Wildman–Crippen MR) is 108 cm³/mol. The maximum Gasteiger partial charge on any atom is 0.242 e. The molecule has 0 aliphatic carbocycles. The lowest BCUT2D eigenvalue weighted by Gasteiger charge is -2.31. The molecule has 0 radical (unpaired) electrons. The fourth-order valence-corrected chi connectivity index (χ4v) is 3.77. The van der Waals surface area contributed by atoms with Crippen LogP contribution in [0.4, 0.5) is 5.69 Å². The summed E-state index contributed by atoms with van der Waals surface area (Å²) >= 11 is 5.44. The van der Waals surface area contributed by atoms with E-state index in [4.69, 9.17) is 12.2 Å². The van der Waals surface area contributed by atoms with E-state index < -0.39 is 0 Å². The Balaban J connectivity index is 1.57. The molecule has 0 aromatic carbocycles. The first-order chi connectivity index (χ1) is 12.6. The highest BCUT2D eigenvalue weighted by Crippen LogP contribution is 2.20. The van der Waals surface area contributed by atoms with Crippen molar-refractivity contribution in [2.24, 2.45) is 0 Å². The van der Waals surface area contributed by atoms with Crippen molar-refractivity contribution in [3.05, 3.63) is 36.8 Å². The van der Waals surface area contributed by atoms with Gasteiger partial charge in [0, 0.05) is 31.5 Å². The van der Waals surface area contributed by atoms with Gasteiger partial charge in [0.15, 0.2) is 5.11 Å². The summed E-state index contributed by atoms with van der Waals surface area (Å²) in [6.07, 6.45) is 8.80. The summed E-state index contributed by atoms with van der Waals surface area (Å²) < 4.78 is 0. The minimum absolute atomic E-state index is 0.0422. The number of thiocarbonyl (C=S) groups is 1. The predicted octanol–water partition coefficient (Wildman–Crippen LogP) is 2.36. The molecule has 140 valence electrons. The molecule has 0 bridgehead atoms. The van der Waals surface area contributed by atoms with Gasteiger partial charge in [-0.3, -0.25) is 9.78 Å². The largest absolute Gasteiger partial charge is 0.364 e. The SMILES string of the molecule is C=C1C(NC(=S)Nc2cccnc2)CCCCN1CC(=O)N1CCCC1. The maximum absolute atomic E-state index is 12.5. The number of pyridine rings is 1. The molecule has 26 heavy (non-hydrogen) atoms. The summed E-state index contributed by atoms with van der Waals surface area (Å²) in [5.41, 5.74) is 1.80. The molecule has 2 aliphatic heterocycles. The van der Waals surface area contributed by atoms with Crippen molar-refractivity contribution in [3.63, 3.8) is 0 Å². The van der Waals surface area contributed by atoms with Gasteiger partial charge in [-0.25, -0.2) is 0 Å². The van der Waals surface area contributed by atoms with Gasteiger partial charge in [0.05, 0.1) is 24.5 Å². The van der Waals surface area contributed by atoms with E-state index in [1.807, 2.05) is 17.0 Å². The van der Waals surface area contributed by atoms with Crippen LogP contribution in [0, 0.1) is 0 Å². The molecule has 6 nitrogen and oxygen atoms in total. The molecule has 2 N–H and O–H groups in total. The van der Waals surface area contributed by atoms with Gasteiger partial charge in [0.1, 0.15) is 0 Å². The van der Waals surface area contributed by atoms with Crippen molar-refractivity contribution >= 4 is 28.9 Å². The van der Waals surface area contributed by atoms with Crippen LogP contribution in [0.25, 0.3) is 0 Å². The number of amides is 1. The summed E-state index contributed by atoms with van der Waals surface area (Å²) in [5, 5.41) is 7.06. The Hall–Kier alpha value is -2.15. The number of hydrogen-bond acceptors (Lipinski definition) is 4. The molecule has 2 saturated heterocycles. The first-order valence-electron chi connectivity index (χ1n) is 9.32. The number of rotatable bonds is 4. The van der Waals surface area contributed by atoms with Crippen LogP contribution in [-0.4, -0.2) is 58.0 Å². The van der Waals surface area contributed by atoms with E-state index >= 15 is 0 Å². The van der Waals surface area contributed by atoms with E-state index in [0.29, 0.717) is 11.7 Å². The number of carbonyl (C=O) groups excluding carboxylic acids is 1. The van der Waals surface area contributed by atoms with Gasteiger partial charge < -0.3 is 20.4 Å². The lowest BCUT2D eigenvalue weighted by atomic mass is 10.1. The second-order valence-electron chi connectivity index (χ2n) is 6.89. The van der Waals surface area contributed by atoms with Crippen LogP contribution < -0.4 is 10.6 Å². The molecule has 3 heterocycles. The number of likely N-dealkylation sites (tertiary alicyclic amines) is 2. The zero-order chi connectivity index (χ0) is 18.4. The molecule has 7 heteroatoms. The number of hydrogen-bond donors (Lipinski definition) is 2. The molecule has 0 spiro atoms. The summed E-state index contributed by atoms with van der Waals surface area (Å²) in [5.74, 6) is 0.209. The molecule has 1 unspecified atom stereocenters. The Morgan fingerprint density at radius 1 is 1.27 bits per heavy atom. The Kier molecular flexibility index (Phi) is 6.44. The molecule has 0 saturated carbocycles. The van der Waals surface area contributed by atoms with Crippen molar-refractivity contribution in [2.45, 2.75) is 38.1 Å². The van der Waals surface area contributed by atoms with Crippen LogP contribution in [0.3, 0.4) is 0 Å². The summed E-state index contributed by atoms with van der Waals surface area (Å²) in [4.78, 5) is 20.7. The third-order valence-corrected chi connectivity index (χ3v) is 5.21. The van der Waals surface area contributed by atoms with E-state index in [9.17, 15) is 4.79 Å². The maximum atomic E-state index is 12.5. The molecule has 1 amide bonds. The first-order valence-corrected chi connectivity index (χ1v) is 9.73. The monoisotopic (exact) mass is 373 g/mol. The Morgan fingerprint density at radius 3 is 2.77 bits per heavy atom. The molecule has 2 fully saturated rings. The zero-order valence-electron chi connectivity index (χ0n) is 15.1. The lowest BCUT2D eigenvalue weighted by molar-refractivity contribution is -0.130. The van der Waals surface area contributed by atoms with Crippen LogP contribution in [0.1, 0.15) is 32.1 Å². The Labute approximate surface area is 160 Å². The third kappa shape index (κ3) is 4.94. The summed E-state index contributed by atoms with van der Waals surface area (Å²) in [6.45, 7) is 7.34. The van der Waals surface area contributed by atoms with E-state index in [1.165, 1.54) is 0 Å². The van der Waals surface area contributed by atoms with E-state index in [1.54, 1.807) is 12.4 Å². The standard InChI is InChI=1S/C19H27N5OS/c1-15-17(22-19(26)21-16-7-6-9-20-13-16)8-2-3-12-24(15)14-18(25)23-10-4-5-11-23/h6-7,9,13,17H,1-5,8,10-12,14H2,(H2,21,22,26). The Morgan fingerprint density at radius 2 is 2.04 bits per heavy atom. The van der Waals surface area contributed by atoms with Gasteiger partial charge in [-0.05, 0) is 56.5 Å². The fraction of sp³-hybridized carbons (Fsp3) is 0.526. The topological polar surface area (TPSA) is 60.5 Å². The molecule has 3 rings (SSSR count). The van der Waals surface area contributed by atoms with Crippen molar-refractivity contribution in [2.75, 3.05) is 31.5 Å². The quantitative estimate of drug-likeness (QED) is 0.790. The van der Waals surface area contributed by atoms with Crippen LogP contribution >= 0.6 is 12.2 Å². The van der Waals surface area contributed by atoms with Crippen molar-refractivity contribution in [1.82, 2.24) is 20.1 Å². The van der Waals surface area contributed by atoms with Crippen LogP contribution in [0.5, 0.6) is 0 Å².